The standard InChI is InChI=1S/C15H24O4/c16-14(17)12-8-4-5-9-13(12)15(18)19-10-11-6-2-1-3-7-11/h11-13H,1-10H2,(H,16,17)/p-1. The number of carboxylic acid groups (broad SMARTS) is 1. The summed E-state index contributed by atoms with van der Waals surface area (Å²) in [5, 5.41) is 11.1. The molecule has 0 amide bonds. The minimum absolute atomic E-state index is 0.320. The highest BCUT2D eigenvalue weighted by molar-refractivity contribution is 5.80. The number of hydrogen-bond acceptors (Lipinski definition) is 4. The third-order valence-electron chi connectivity index (χ3n) is 4.56. The molecule has 2 rings (SSSR count). The molecule has 0 aromatic heterocycles. The molecule has 2 atom stereocenters. The lowest BCUT2D eigenvalue weighted by atomic mass is 9.79. The van der Waals surface area contributed by atoms with Gasteiger partial charge in [-0.1, -0.05) is 32.1 Å². The molecule has 2 unspecified atom stereocenters. The summed E-state index contributed by atoms with van der Waals surface area (Å²) in [7, 11) is 0. The first-order chi connectivity index (χ1) is 9.18. The number of ether oxygens (including phenoxy) is 1. The monoisotopic (exact) mass is 267 g/mol. The molecule has 2 aliphatic carbocycles. The fraction of sp³-hybridized carbons (Fsp3) is 0.867. The number of esters is 1. The molecule has 4 heteroatoms. The minimum Gasteiger partial charge on any atom is -0.550 e. The maximum atomic E-state index is 12.0. The topological polar surface area (TPSA) is 66.4 Å². The number of hydrogen-bond donors (Lipinski definition) is 0. The van der Waals surface area contributed by atoms with Crippen LogP contribution in [0.4, 0.5) is 0 Å². The zero-order valence-corrected chi connectivity index (χ0v) is 11.4. The molecule has 0 saturated heterocycles. The smallest absolute Gasteiger partial charge is 0.309 e. The number of carbonyl (C=O) groups excluding carboxylic acids is 2. The van der Waals surface area contributed by atoms with E-state index in [4.69, 9.17) is 4.74 Å². The highest BCUT2D eigenvalue weighted by Gasteiger charge is 2.33. The molecule has 0 heterocycles. The van der Waals surface area contributed by atoms with Crippen molar-refractivity contribution < 1.29 is 19.4 Å². The quantitative estimate of drug-likeness (QED) is 0.727. The van der Waals surface area contributed by atoms with E-state index in [0.717, 1.165) is 25.7 Å². The van der Waals surface area contributed by atoms with E-state index in [9.17, 15) is 14.7 Å². The summed E-state index contributed by atoms with van der Waals surface area (Å²) in [5.41, 5.74) is 0. The van der Waals surface area contributed by atoms with Crippen molar-refractivity contribution in [3.05, 3.63) is 0 Å². The van der Waals surface area contributed by atoms with Gasteiger partial charge in [0.15, 0.2) is 0 Å². The fourth-order valence-electron chi connectivity index (χ4n) is 3.36. The Morgan fingerprint density at radius 2 is 1.47 bits per heavy atom. The van der Waals surface area contributed by atoms with Crippen LogP contribution in [0.3, 0.4) is 0 Å². The molecule has 0 aromatic carbocycles. The summed E-state index contributed by atoms with van der Waals surface area (Å²) >= 11 is 0. The molecular weight excluding hydrogens is 244 g/mol. The van der Waals surface area contributed by atoms with Crippen LogP contribution in [0.15, 0.2) is 0 Å². The lowest BCUT2D eigenvalue weighted by Crippen LogP contribution is -2.41. The van der Waals surface area contributed by atoms with E-state index in [0.29, 0.717) is 25.4 Å². The lowest BCUT2D eigenvalue weighted by Gasteiger charge is -2.31. The van der Waals surface area contributed by atoms with Crippen LogP contribution in [-0.4, -0.2) is 18.5 Å². The number of carboxylic acids is 1. The zero-order valence-electron chi connectivity index (χ0n) is 11.4. The summed E-state index contributed by atoms with van der Waals surface area (Å²) in [6.07, 6.45) is 8.91. The number of rotatable bonds is 4. The predicted molar refractivity (Wildman–Crippen MR) is 68.0 cm³/mol. The molecule has 0 spiro atoms. The Morgan fingerprint density at radius 1 is 0.895 bits per heavy atom. The van der Waals surface area contributed by atoms with Crippen molar-refractivity contribution >= 4 is 11.9 Å². The van der Waals surface area contributed by atoms with Crippen LogP contribution in [0.1, 0.15) is 57.8 Å². The Labute approximate surface area is 114 Å². The molecule has 0 aliphatic heterocycles. The Bertz CT molecular complexity index is 320. The first-order valence-corrected chi connectivity index (χ1v) is 7.56. The van der Waals surface area contributed by atoms with Crippen LogP contribution >= 0.6 is 0 Å². The third-order valence-corrected chi connectivity index (χ3v) is 4.56. The molecule has 2 fully saturated rings. The van der Waals surface area contributed by atoms with Crippen molar-refractivity contribution in [3.8, 4) is 0 Å². The maximum Gasteiger partial charge on any atom is 0.309 e. The average Bonchev–Trinajstić information content (AvgIpc) is 2.46. The highest BCUT2D eigenvalue weighted by Crippen LogP contribution is 2.31. The molecule has 0 bridgehead atoms. The van der Waals surface area contributed by atoms with Crippen molar-refractivity contribution in [3.63, 3.8) is 0 Å². The van der Waals surface area contributed by atoms with Crippen molar-refractivity contribution in [1.29, 1.82) is 0 Å². The Hall–Kier alpha value is -1.06. The first-order valence-electron chi connectivity index (χ1n) is 7.56. The van der Waals surface area contributed by atoms with Crippen molar-refractivity contribution in [2.45, 2.75) is 57.8 Å². The fourth-order valence-corrected chi connectivity index (χ4v) is 3.36. The Kier molecular flexibility index (Phi) is 5.23. The first kappa shape index (κ1) is 14.4. The summed E-state index contributed by atoms with van der Waals surface area (Å²) in [6.45, 7) is 0.467. The zero-order chi connectivity index (χ0) is 13.7. The van der Waals surface area contributed by atoms with Gasteiger partial charge < -0.3 is 14.6 Å². The Morgan fingerprint density at radius 3 is 2.11 bits per heavy atom. The largest absolute Gasteiger partial charge is 0.550 e. The van der Waals surface area contributed by atoms with Gasteiger partial charge in [0, 0.05) is 11.9 Å². The lowest BCUT2D eigenvalue weighted by molar-refractivity contribution is -0.314. The molecule has 2 saturated carbocycles. The van der Waals surface area contributed by atoms with E-state index in [1.165, 1.54) is 19.3 Å². The van der Waals surface area contributed by atoms with E-state index in [1.807, 2.05) is 0 Å². The molecule has 0 radical (unpaired) electrons. The van der Waals surface area contributed by atoms with Crippen LogP contribution < -0.4 is 5.11 Å². The molecule has 19 heavy (non-hydrogen) atoms. The van der Waals surface area contributed by atoms with E-state index in [-0.39, 0.29) is 5.97 Å². The van der Waals surface area contributed by atoms with Gasteiger partial charge in [0.25, 0.3) is 0 Å². The van der Waals surface area contributed by atoms with Gasteiger partial charge in [-0.05, 0) is 31.6 Å². The van der Waals surface area contributed by atoms with E-state index in [1.54, 1.807) is 0 Å². The molecular formula is C15H23O4-. The van der Waals surface area contributed by atoms with Gasteiger partial charge >= 0.3 is 5.97 Å². The molecule has 2 aliphatic rings. The average molecular weight is 267 g/mol. The minimum atomic E-state index is -1.10. The van der Waals surface area contributed by atoms with Gasteiger partial charge in [0.2, 0.25) is 0 Å². The number of carbonyl (C=O) groups is 2. The van der Waals surface area contributed by atoms with Gasteiger partial charge in [-0.15, -0.1) is 0 Å². The van der Waals surface area contributed by atoms with Crippen LogP contribution in [0, 0.1) is 17.8 Å². The van der Waals surface area contributed by atoms with Crippen LogP contribution in [0.5, 0.6) is 0 Å². The normalized spacial score (nSPS) is 28.8. The van der Waals surface area contributed by atoms with Gasteiger partial charge in [-0.2, -0.15) is 0 Å². The Balaban J connectivity index is 1.81. The van der Waals surface area contributed by atoms with Crippen LogP contribution in [0.2, 0.25) is 0 Å². The van der Waals surface area contributed by atoms with Gasteiger partial charge in [-0.3, -0.25) is 4.79 Å². The summed E-state index contributed by atoms with van der Waals surface area (Å²) in [4.78, 5) is 23.1. The number of aliphatic carboxylic acids is 1. The third kappa shape index (κ3) is 3.95. The second-order valence-corrected chi connectivity index (χ2v) is 5.95. The maximum absolute atomic E-state index is 12.0. The SMILES string of the molecule is O=C([O-])C1CCCCC1C(=O)OCC1CCCCC1. The van der Waals surface area contributed by atoms with Gasteiger partial charge in [-0.25, -0.2) is 0 Å². The summed E-state index contributed by atoms with van der Waals surface area (Å²) in [6, 6.07) is 0. The van der Waals surface area contributed by atoms with E-state index in [2.05, 4.69) is 0 Å². The molecule has 4 nitrogen and oxygen atoms in total. The van der Waals surface area contributed by atoms with Crippen LogP contribution in [0.25, 0.3) is 0 Å². The second kappa shape index (κ2) is 6.92. The second-order valence-electron chi connectivity index (χ2n) is 5.95. The molecule has 0 N–H and O–H groups in total. The van der Waals surface area contributed by atoms with Crippen LogP contribution in [-0.2, 0) is 14.3 Å². The summed E-state index contributed by atoms with van der Waals surface area (Å²) in [5.74, 6) is -2.07. The van der Waals surface area contributed by atoms with Crippen molar-refractivity contribution in [2.75, 3.05) is 6.61 Å². The predicted octanol–water partition coefficient (Wildman–Crippen LogP) is 1.67. The summed E-state index contributed by atoms with van der Waals surface area (Å²) < 4.78 is 5.37. The van der Waals surface area contributed by atoms with Crippen molar-refractivity contribution in [1.82, 2.24) is 0 Å². The van der Waals surface area contributed by atoms with Gasteiger partial charge in [0.1, 0.15) is 0 Å². The van der Waals surface area contributed by atoms with Crippen molar-refractivity contribution in [2.24, 2.45) is 17.8 Å². The molecule has 0 aromatic rings. The van der Waals surface area contributed by atoms with Gasteiger partial charge in [0.05, 0.1) is 12.5 Å². The van der Waals surface area contributed by atoms with E-state index < -0.39 is 17.8 Å². The van der Waals surface area contributed by atoms with E-state index >= 15 is 0 Å². The highest BCUT2D eigenvalue weighted by atomic mass is 16.5. The molecule has 108 valence electrons.